The van der Waals surface area contributed by atoms with Crippen LogP contribution < -0.4 is 19.7 Å². The number of thiophene rings is 1. The third kappa shape index (κ3) is 5.51. The smallest absolute Gasteiger partial charge is 0.257 e. The molecule has 2 aromatic heterocycles. The molecule has 1 atom stereocenters. The molecule has 1 amide bonds. The molecule has 1 N–H and O–H groups in total. The molecule has 34 heavy (non-hydrogen) atoms. The van der Waals surface area contributed by atoms with Gasteiger partial charge in [0.1, 0.15) is 11.9 Å². The van der Waals surface area contributed by atoms with E-state index in [1.807, 2.05) is 42.3 Å². The summed E-state index contributed by atoms with van der Waals surface area (Å²) in [5.74, 6) is 1.34. The summed E-state index contributed by atoms with van der Waals surface area (Å²) >= 11 is 1.71. The van der Waals surface area contributed by atoms with E-state index in [9.17, 15) is 4.79 Å². The number of fused-ring (bicyclic) bond motifs is 1. The molecule has 4 rings (SSSR count). The molecule has 3 aromatic rings. The monoisotopic (exact) mass is 480 g/mol. The van der Waals surface area contributed by atoms with E-state index in [0.717, 1.165) is 43.1 Å². The lowest BCUT2D eigenvalue weighted by molar-refractivity contribution is 0.0754. The SMILES string of the molecule is CCN1CCN(Cc2ccc(OC(CCNC)c3cccs3)cc2)C(=O)c2cnc(OC)cc21. The normalized spacial score (nSPS) is 14.5. The molecule has 0 aliphatic carbocycles. The topological polar surface area (TPSA) is 66.9 Å². The number of ether oxygens (including phenoxy) is 2. The van der Waals surface area contributed by atoms with Crippen LogP contribution in [0.4, 0.5) is 5.69 Å². The zero-order valence-electron chi connectivity index (χ0n) is 20.0. The summed E-state index contributed by atoms with van der Waals surface area (Å²) in [6, 6.07) is 14.1. The van der Waals surface area contributed by atoms with Crippen LogP contribution in [0, 0.1) is 0 Å². The minimum atomic E-state index is -0.00810. The van der Waals surface area contributed by atoms with Gasteiger partial charge in [0, 0.05) is 49.7 Å². The number of nitrogens with zero attached hydrogens (tertiary/aromatic N) is 3. The van der Waals surface area contributed by atoms with Crippen molar-refractivity contribution in [3.05, 3.63) is 70.0 Å². The van der Waals surface area contributed by atoms with Gasteiger partial charge in [-0.1, -0.05) is 18.2 Å². The fraction of sp³-hybridized carbons (Fsp3) is 0.385. The maximum atomic E-state index is 13.3. The fourth-order valence-electron chi connectivity index (χ4n) is 4.14. The summed E-state index contributed by atoms with van der Waals surface area (Å²) in [6.45, 7) is 5.73. The number of likely N-dealkylation sites (N-methyl/N-ethyl adjacent to an activating group) is 1. The molecule has 8 heteroatoms. The molecule has 1 aliphatic heterocycles. The summed E-state index contributed by atoms with van der Waals surface area (Å²) in [4.78, 5) is 22.9. The molecule has 0 saturated heterocycles. The molecule has 0 bridgehead atoms. The third-order valence-electron chi connectivity index (χ3n) is 6.04. The minimum Gasteiger partial charge on any atom is -0.485 e. The van der Waals surface area contributed by atoms with Gasteiger partial charge in [0.15, 0.2) is 0 Å². The lowest BCUT2D eigenvalue weighted by atomic mass is 10.1. The van der Waals surface area contributed by atoms with Crippen molar-refractivity contribution >= 4 is 22.9 Å². The van der Waals surface area contributed by atoms with Gasteiger partial charge in [-0.2, -0.15) is 0 Å². The molecule has 180 valence electrons. The highest BCUT2D eigenvalue weighted by Gasteiger charge is 2.27. The van der Waals surface area contributed by atoms with Gasteiger partial charge >= 0.3 is 0 Å². The lowest BCUT2D eigenvalue weighted by Crippen LogP contribution is -2.34. The predicted octanol–water partition coefficient (Wildman–Crippen LogP) is 4.36. The second-order valence-corrected chi connectivity index (χ2v) is 9.19. The van der Waals surface area contributed by atoms with Crippen molar-refractivity contribution in [1.29, 1.82) is 0 Å². The number of methoxy groups -OCH3 is 1. The van der Waals surface area contributed by atoms with Gasteiger partial charge < -0.3 is 24.6 Å². The van der Waals surface area contributed by atoms with Crippen LogP contribution in [0.2, 0.25) is 0 Å². The third-order valence-corrected chi connectivity index (χ3v) is 7.00. The number of carbonyl (C=O) groups is 1. The van der Waals surface area contributed by atoms with Crippen LogP contribution in [0.5, 0.6) is 11.6 Å². The molecule has 0 radical (unpaired) electrons. The van der Waals surface area contributed by atoms with E-state index >= 15 is 0 Å². The average Bonchev–Trinajstić information content (AvgIpc) is 3.37. The van der Waals surface area contributed by atoms with E-state index in [4.69, 9.17) is 9.47 Å². The van der Waals surface area contributed by atoms with Gasteiger partial charge in [0.05, 0.1) is 18.4 Å². The van der Waals surface area contributed by atoms with E-state index in [1.165, 1.54) is 4.88 Å². The summed E-state index contributed by atoms with van der Waals surface area (Å²) in [5, 5.41) is 5.28. The van der Waals surface area contributed by atoms with Gasteiger partial charge in [0.25, 0.3) is 5.91 Å². The van der Waals surface area contributed by atoms with E-state index in [-0.39, 0.29) is 12.0 Å². The highest BCUT2D eigenvalue weighted by molar-refractivity contribution is 7.10. The van der Waals surface area contributed by atoms with Crippen LogP contribution in [-0.4, -0.2) is 56.1 Å². The van der Waals surface area contributed by atoms with Crippen molar-refractivity contribution in [1.82, 2.24) is 15.2 Å². The summed E-state index contributed by atoms with van der Waals surface area (Å²) in [6.07, 6.45) is 2.55. The molecule has 0 spiro atoms. The molecule has 0 fully saturated rings. The number of aromatic nitrogens is 1. The highest BCUT2D eigenvalue weighted by atomic mass is 32.1. The van der Waals surface area contributed by atoms with Crippen LogP contribution in [0.3, 0.4) is 0 Å². The molecular formula is C26H32N4O3S. The number of hydrogen-bond donors (Lipinski definition) is 1. The van der Waals surface area contributed by atoms with Crippen molar-refractivity contribution in [2.24, 2.45) is 0 Å². The summed E-state index contributed by atoms with van der Waals surface area (Å²) in [5.41, 5.74) is 2.56. The Hall–Kier alpha value is -3.10. The van der Waals surface area contributed by atoms with Gasteiger partial charge in [-0.25, -0.2) is 4.98 Å². The van der Waals surface area contributed by atoms with Crippen LogP contribution in [-0.2, 0) is 6.54 Å². The van der Waals surface area contributed by atoms with E-state index in [2.05, 4.69) is 39.6 Å². The maximum Gasteiger partial charge on any atom is 0.257 e. The van der Waals surface area contributed by atoms with Gasteiger partial charge in [-0.15, -0.1) is 11.3 Å². The lowest BCUT2D eigenvalue weighted by Gasteiger charge is -2.23. The van der Waals surface area contributed by atoms with E-state index < -0.39 is 0 Å². The number of pyridine rings is 1. The van der Waals surface area contributed by atoms with Crippen molar-refractivity contribution in [3.8, 4) is 11.6 Å². The number of hydrogen-bond acceptors (Lipinski definition) is 7. The number of amides is 1. The molecule has 1 unspecified atom stereocenters. The molecule has 3 heterocycles. The summed E-state index contributed by atoms with van der Waals surface area (Å²) < 4.78 is 11.6. The minimum absolute atomic E-state index is 0.00810. The van der Waals surface area contributed by atoms with Crippen molar-refractivity contribution in [2.45, 2.75) is 26.0 Å². The average molecular weight is 481 g/mol. The van der Waals surface area contributed by atoms with Crippen molar-refractivity contribution in [2.75, 3.05) is 45.2 Å². The standard InChI is InChI=1S/C26H32N4O3S/c1-4-29-13-14-30(26(31)21-17-28-25(32-3)16-22(21)29)18-19-7-9-20(10-8-19)33-23(11-12-27-2)24-6-5-15-34-24/h5-10,15-17,23,27H,4,11-14,18H2,1-3H3. The van der Waals surface area contributed by atoms with Crippen molar-refractivity contribution in [3.63, 3.8) is 0 Å². The number of nitrogens with one attached hydrogen (secondary N) is 1. The Morgan fingerprint density at radius 2 is 1.97 bits per heavy atom. The first kappa shape index (κ1) is 24.0. The molecule has 0 saturated carbocycles. The van der Waals surface area contributed by atoms with Crippen LogP contribution in [0.25, 0.3) is 0 Å². The number of anilines is 1. The zero-order valence-corrected chi connectivity index (χ0v) is 20.8. The Balaban J connectivity index is 1.46. The van der Waals surface area contributed by atoms with Gasteiger partial charge in [0.2, 0.25) is 5.88 Å². The molecule has 1 aliphatic rings. The zero-order chi connectivity index (χ0) is 23.9. The van der Waals surface area contributed by atoms with Crippen LogP contribution in [0.1, 0.15) is 40.2 Å². The van der Waals surface area contributed by atoms with Crippen LogP contribution in [0.15, 0.2) is 54.0 Å². The molecular weight excluding hydrogens is 448 g/mol. The van der Waals surface area contributed by atoms with Crippen LogP contribution >= 0.6 is 11.3 Å². The highest BCUT2D eigenvalue weighted by Crippen LogP contribution is 2.30. The Morgan fingerprint density at radius 1 is 1.18 bits per heavy atom. The fourth-order valence-corrected chi connectivity index (χ4v) is 4.93. The second kappa shape index (κ2) is 11.4. The maximum absolute atomic E-state index is 13.3. The van der Waals surface area contributed by atoms with Gasteiger partial charge in [-0.05, 0) is 49.7 Å². The number of carbonyl (C=O) groups excluding carboxylic acids is 1. The largest absolute Gasteiger partial charge is 0.485 e. The van der Waals surface area contributed by atoms with E-state index in [0.29, 0.717) is 24.5 Å². The Labute approximate surface area is 205 Å². The Morgan fingerprint density at radius 3 is 2.65 bits per heavy atom. The van der Waals surface area contributed by atoms with Gasteiger partial charge in [-0.3, -0.25) is 4.79 Å². The number of rotatable bonds is 10. The summed E-state index contributed by atoms with van der Waals surface area (Å²) in [7, 11) is 3.54. The number of benzene rings is 1. The first-order valence-electron chi connectivity index (χ1n) is 11.6. The Bertz CT molecular complexity index is 1070. The first-order chi connectivity index (χ1) is 16.6. The molecule has 1 aromatic carbocycles. The molecule has 7 nitrogen and oxygen atoms in total. The second-order valence-electron chi connectivity index (χ2n) is 8.21. The predicted molar refractivity (Wildman–Crippen MR) is 136 cm³/mol. The Kier molecular flexibility index (Phi) is 8.03. The quantitative estimate of drug-likeness (QED) is 0.465. The first-order valence-corrected chi connectivity index (χ1v) is 12.5. The van der Waals surface area contributed by atoms with E-state index in [1.54, 1.807) is 24.6 Å². The van der Waals surface area contributed by atoms with Crippen molar-refractivity contribution < 1.29 is 14.3 Å².